The van der Waals surface area contributed by atoms with Crippen LogP contribution >= 0.6 is 0 Å². The third-order valence-corrected chi connectivity index (χ3v) is 2.15. The first-order chi connectivity index (χ1) is 7.25. The van der Waals surface area contributed by atoms with Gasteiger partial charge < -0.3 is 0 Å². The zero-order valence-corrected chi connectivity index (χ0v) is 8.96. The van der Waals surface area contributed by atoms with Crippen LogP contribution in [-0.2, 0) is 6.54 Å². The van der Waals surface area contributed by atoms with Crippen molar-refractivity contribution in [2.45, 2.75) is 26.3 Å². The van der Waals surface area contributed by atoms with E-state index < -0.39 is 0 Å². The van der Waals surface area contributed by atoms with Gasteiger partial charge in [-0.2, -0.15) is 4.80 Å². The predicted molar refractivity (Wildman–Crippen MR) is 57.5 cm³/mol. The van der Waals surface area contributed by atoms with Gasteiger partial charge in [-0.3, -0.25) is 0 Å². The molecule has 15 heavy (non-hydrogen) atoms. The van der Waals surface area contributed by atoms with Gasteiger partial charge in [0.2, 0.25) is 0 Å². The smallest absolute Gasteiger partial charge is 0.160 e. The van der Waals surface area contributed by atoms with Crippen LogP contribution in [0.5, 0.6) is 0 Å². The number of hydrogen-bond acceptors (Lipinski definition) is 3. The first-order valence-corrected chi connectivity index (χ1v) is 5.07. The second kappa shape index (κ2) is 4.21. The van der Waals surface area contributed by atoms with Gasteiger partial charge in [-0.05, 0) is 10.8 Å². The van der Waals surface area contributed by atoms with E-state index in [4.69, 9.17) is 0 Å². The van der Waals surface area contributed by atoms with Crippen LogP contribution in [0.1, 0.15) is 31.2 Å². The Bertz CT molecular complexity index is 419. The lowest BCUT2D eigenvalue weighted by molar-refractivity contribution is 0.568. The van der Waals surface area contributed by atoms with Crippen molar-refractivity contribution in [3.05, 3.63) is 41.7 Å². The molecule has 1 aromatic heterocycles. The molecule has 0 aliphatic heterocycles. The lowest BCUT2D eigenvalue weighted by Gasteiger charge is -1.98. The molecule has 2 rings (SSSR count). The van der Waals surface area contributed by atoms with Crippen molar-refractivity contribution in [1.82, 2.24) is 20.2 Å². The van der Waals surface area contributed by atoms with Crippen molar-refractivity contribution >= 4 is 0 Å². The van der Waals surface area contributed by atoms with Crippen LogP contribution in [0.4, 0.5) is 0 Å². The molecule has 0 radical (unpaired) electrons. The Balaban J connectivity index is 2.12. The summed E-state index contributed by atoms with van der Waals surface area (Å²) in [5.74, 6) is 1.13. The molecule has 0 saturated heterocycles. The number of benzene rings is 1. The summed E-state index contributed by atoms with van der Waals surface area (Å²) in [7, 11) is 0. The molecule has 1 heterocycles. The van der Waals surface area contributed by atoms with Gasteiger partial charge in [0.05, 0.1) is 6.54 Å². The Morgan fingerprint density at radius 3 is 2.53 bits per heavy atom. The number of aromatic nitrogens is 4. The van der Waals surface area contributed by atoms with E-state index in [0.717, 1.165) is 5.82 Å². The maximum atomic E-state index is 4.30. The van der Waals surface area contributed by atoms with Crippen molar-refractivity contribution in [3.8, 4) is 0 Å². The zero-order chi connectivity index (χ0) is 10.7. The molecule has 0 aliphatic rings. The van der Waals surface area contributed by atoms with Crippen LogP contribution in [0.25, 0.3) is 0 Å². The molecule has 0 N–H and O–H groups in total. The molecule has 78 valence electrons. The highest BCUT2D eigenvalue weighted by atomic mass is 15.6. The molecule has 0 fully saturated rings. The van der Waals surface area contributed by atoms with Crippen LogP contribution in [0.15, 0.2) is 30.3 Å². The highest BCUT2D eigenvalue weighted by Gasteiger charge is 2.06. The number of hydrogen-bond donors (Lipinski definition) is 0. The summed E-state index contributed by atoms with van der Waals surface area (Å²) < 4.78 is 0. The molecule has 0 unspecified atom stereocenters. The van der Waals surface area contributed by atoms with Gasteiger partial charge >= 0.3 is 0 Å². The molecule has 0 atom stereocenters. The van der Waals surface area contributed by atoms with E-state index >= 15 is 0 Å². The van der Waals surface area contributed by atoms with Gasteiger partial charge in [-0.1, -0.05) is 44.2 Å². The first-order valence-electron chi connectivity index (χ1n) is 5.07. The van der Waals surface area contributed by atoms with E-state index in [2.05, 4.69) is 41.4 Å². The van der Waals surface area contributed by atoms with Crippen LogP contribution in [0.3, 0.4) is 0 Å². The molecule has 0 amide bonds. The van der Waals surface area contributed by atoms with E-state index in [-0.39, 0.29) is 0 Å². The minimum atomic E-state index is 0.328. The van der Waals surface area contributed by atoms with Crippen LogP contribution in [0.2, 0.25) is 0 Å². The van der Waals surface area contributed by atoms with Gasteiger partial charge in [-0.25, -0.2) is 0 Å². The molecular weight excluding hydrogens is 188 g/mol. The summed E-state index contributed by atoms with van der Waals surface area (Å²) in [5.41, 5.74) is 1.19. The second-order valence-corrected chi connectivity index (χ2v) is 3.82. The average Bonchev–Trinajstić information content (AvgIpc) is 2.68. The summed E-state index contributed by atoms with van der Waals surface area (Å²) in [5, 5.41) is 12.3. The van der Waals surface area contributed by atoms with Crippen molar-refractivity contribution in [1.29, 1.82) is 0 Å². The third-order valence-electron chi connectivity index (χ3n) is 2.15. The van der Waals surface area contributed by atoms with E-state index in [0.29, 0.717) is 12.5 Å². The van der Waals surface area contributed by atoms with Gasteiger partial charge in [0.1, 0.15) is 0 Å². The summed E-state index contributed by atoms with van der Waals surface area (Å²) in [4.78, 5) is 1.63. The van der Waals surface area contributed by atoms with Gasteiger partial charge in [-0.15, -0.1) is 10.2 Å². The largest absolute Gasteiger partial charge is 0.177 e. The van der Waals surface area contributed by atoms with Crippen molar-refractivity contribution in [3.63, 3.8) is 0 Å². The van der Waals surface area contributed by atoms with Crippen molar-refractivity contribution in [2.75, 3.05) is 0 Å². The minimum absolute atomic E-state index is 0.328. The molecule has 1 aromatic carbocycles. The molecule has 0 spiro atoms. The SMILES string of the molecule is CC(C)c1nnn(Cc2ccccc2)n1. The quantitative estimate of drug-likeness (QED) is 0.762. The lowest BCUT2D eigenvalue weighted by atomic mass is 10.2. The van der Waals surface area contributed by atoms with E-state index in [1.165, 1.54) is 5.56 Å². The molecule has 4 heteroatoms. The Hall–Kier alpha value is -1.71. The fourth-order valence-corrected chi connectivity index (χ4v) is 1.30. The highest BCUT2D eigenvalue weighted by molar-refractivity contribution is 5.14. The minimum Gasteiger partial charge on any atom is -0.160 e. The topological polar surface area (TPSA) is 43.6 Å². The predicted octanol–water partition coefficient (Wildman–Crippen LogP) is 1.84. The summed E-state index contributed by atoms with van der Waals surface area (Å²) >= 11 is 0. The number of rotatable bonds is 3. The maximum Gasteiger partial charge on any atom is 0.177 e. The second-order valence-electron chi connectivity index (χ2n) is 3.82. The fourth-order valence-electron chi connectivity index (χ4n) is 1.30. The Morgan fingerprint density at radius 2 is 1.93 bits per heavy atom. The van der Waals surface area contributed by atoms with Crippen LogP contribution < -0.4 is 0 Å². The summed E-state index contributed by atoms with van der Waals surface area (Å²) in [6.07, 6.45) is 0. The first kappa shape index (κ1) is 9.83. The van der Waals surface area contributed by atoms with Crippen LogP contribution in [0, 0.1) is 0 Å². The fraction of sp³-hybridized carbons (Fsp3) is 0.364. The van der Waals surface area contributed by atoms with E-state index in [1.54, 1.807) is 4.80 Å². The normalized spacial score (nSPS) is 10.9. The Kier molecular flexibility index (Phi) is 2.76. The average molecular weight is 202 g/mol. The van der Waals surface area contributed by atoms with Gasteiger partial charge in [0.15, 0.2) is 5.82 Å². The summed E-state index contributed by atoms with van der Waals surface area (Å²) in [6.45, 7) is 4.80. The zero-order valence-electron chi connectivity index (χ0n) is 8.96. The number of tetrazole rings is 1. The van der Waals surface area contributed by atoms with Crippen LogP contribution in [-0.4, -0.2) is 20.2 Å². The molecule has 0 bridgehead atoms. The molecule has 0 saturated carbocycles. The molecule has 0 aliphatic carbocycles. The van der Waals surface area contributed by atoms with Crippen molar-refractivity contribution in [2.24, 2.45) is 0 Å². The lowest BCUT2D eigenvalue weighted by Crippen LogP contribution is -2.04. The van der Waals surface area contributed by atoms with Crippen molar-refractivity contribution < 1.29 is 0 Å². The van der Waals surface area contributed by atoms with Gasteiger partial charge in [0.25, 0.3) is 0 Å². The highest BCUT2D eigenvalue weighted by Crippen LogP contribution is 2.06. The standard InChI is InChI=1S/C11H14N4/c1-9(2)11-12-14-15(13-11)8-10-6-4-3-5-7-10/h3-7,9H,8H2,1-2H3. The summed E-state index contributed by atoms with van der Waals surface area (Å²) in [6, 6.07) is 10.1. The maximum absolute atomic E-state index is 4.30. The molecule has 4 nitrogen and oxygen atoms in total. The van der Waals surface area contributed by atoms with E-state index in [1.807, 2.05) is 18.2 Å². The Labute approximate surface area is 88.9 Å². The molecular formula is C11H14N4. The number of nitrogens with zero attached hydrogens (tertiary/aromatic N) is 4. The van der Waals surface area contributed by atoms with Gasteiger partial charge in [0, 0.05) is 5.92 Å². The third kappa shape index (κ3) is 2.40. The Morgan fingerprint density at radius 1 is 1.20 bits per heavy atom. The monoisotopic (exact) mass is 202 g/mol. The van der Waals surface area contributed by atoms with E-state index in [9.17, 15) is 0 Å². The molecule has 2 aromatic rings.